The van der Waals surface area contributed by atoms with Gasteiger partial charge in [-0.25, -0.2) is 17.2 Å². The molecule has 0 amide bonds. The third-order valence-electron chi connectivity index (χ3n) is 2.64. The quantitative estimate of drug-likeness (QED) is 0.758. The fraction of sp³-hybridized carbons (Fsp3) is 0.500. The highest BCUT2D eigenvalue weighted by atomic mass is 35.5. The van der Waals surface area contributed by atoms with Crippen molar-refractivity contribution in [3.8, 4) is 0 Å². The number of hydrogen-bond acceptors (Lipinski definition) is 2. The number of nitrogens with zero attached hydrogens (tertiary/aromatic N) is 1. The Morgan fingerprint density at radius 2 is 1.95 bits per heavy atom. The molecule has 0 spiro atoms. The molecule has 0 atom stereocenters. The van der Waals surface area contributed by atoms with E-state index in [9.17, 15) is 17.2 Å². The first-order chi connectivity index (χ1) is 8.78. The van der Waals surface area contributed by atoms with E-state index in [2.05, 4.69) is 0 Å². The summed E-state index contributed by atoms with van der Waals surface area (Å²) in [5.41, 5.74) is 1.28. The van der Waals surface area contributed by atoms with Crippen LogP contribution < -0.4 is 0 Å². The minimum Gasteiger partial charge on any atom is -0.209 e. The lowest BCUT2D eigenvalue weighted by atomic mass is 10.2. The highest BCUT2D eigenvalue weighted by Crippen LogP contribution is 2.22. The Morgan fingerprint density at radius 1 is 1.32 bits per heavy atom. The zero-order chi connectivity index (χ0) is 14.6. The summed E-state index contributed by atoms with van der Waals surface area (Å²) in [6, 6.07) is 4.91. The topological polar surface area (TPSA) is 37.4 Å². The molecule has 0 radical (unpaired) electrons. The maximum absolute atomic E-state index is 12.5. The lowest BCUT2D eigenvalue weighted by Gasteiger charge is -2.22. The summed E-state index contributed by atoms with van der Waals surface area (Å²) in [5.74, 6) is -0.0309. The molecular weight excluding hydrogens is 296 g/mol. The van der Waals surface area contributed by atoms with Crippen LogP contribution in [0.15, 0.2) is 23.1 Å². The molecule has 0 saturated heterocycles. The fourth-order valence-corrected chi connectivity index (χ4v) is 3.71. The highest BCUT2D eigenvalue weighted by Gasteiger charge is 2.28. The molecule has 0 heterocycles. The predicted octanol–water partition coefficient (Wildman–Crippen LogP) is 2.80. The summed E-state index contributed by atoms with van der Waals surface area (Å²) in [6.45, 7) is 2.40. The molecule has 1 aromatic carbocycles. The van der Waals surface area contributed by atoms with Crippen LogP contribution in [0.25, 0.3) is 0 Å². The van der Waals surface area contributed by atoms with E-state index in [-0.39, 0.29) is 17.3 Å². The van der Waals surface area contributed by atoms with Crippen LogP contribution in [0.3, 0.4) is 0 Å². The van der Waals surface area contributed by atoms with Crippen molar-refractivity contribution >= 4 is 21.6 Å². The molecule has 3 nitrogen and oxygen atoms in total. The SMILES string of the molecule is Cc1ccc(C)c(S(=O)(=O)N(CCCl)CC(F)F)c1. The van der Waals surface area contributed by atoms with Crippen molar-refractivity contribution in [2.75, 3.05) is 19.0 Å². The van der Waals surface area contributed by atoms with E-state index < -0.39 is 23.0 Å². The van der Waals surface area contributed by atoms with E-state index in [4.69, 9.17) is 11.6 Å². The van der Waals surface area contributed by atoms with E-state index in [0.717, 1.165) is 9.87 Å². The molecule has 0 unspecified atom stereocenters. The van der Waals surface area contributed by atoms with Crippen molar-refractivity contribution in [1.29, 1.82) is 0 Å². The van der Waals surface area contributed by atoms with Gasteiger partial charge in [0, 0.05) is 12.4 Å². The third-order valence-corrected chi connectivity index (χ3v) is 4.81. The van der Waals surface area contributed by atoms with Crippen molar-refractivity contribution in [2.45, 2.75) is 25.2 Å². The Labute approximate surface area is 117 Å². The normalized spacial score (nSPS) is 12.4. The van der Waals surface area contributed by atoms with Crippen molar-refractivity contribution in [2.24, 2.45) is 0 Å². The average molecular weight is 312 g/mol. The smallest absolute Gasteiger partial charge is 0.209 e. The van der Waals surface area contributed by atoms with Crippen LogP contribution in [0, 0.1) is 13.8 Å². The van der Waals surface area contributed by atoms with Gasteiger partial charge in [-0.2, -0.15) is 4.31 Å². The summed E-state index contributed by atoms with van der Waals surface area (Å²) in [6.07, 6.45) is -2.73. The van der Waals surface area contributed by atoms with Gasteiger partial charge in [-0.1, -0.05) is 12.1 Å². The van der Waals surface area contributed by atoms with Gasteiger partial charge in [0.25, 0.3) is 6.43 Å². The van der Waals surface area contributed by atoms with Gasteiger partial charge < -0.3 is 0 Å². The van der Waals surface area contributed by atoms with Crippen LogP contribution in [0.4, 0.5) is 8.78 Å². The number of alkyl halides is 3. The van der Waals surface area contributed by atoms with E-state index in [0.29, 0.717) is 5.56 Å². The molecule has 0 aliphatic rings. The van der Waals surface area contributed by atoms with Gasteiger partial charge in [-0.3, -0.25) is 0 Å². The molecule has 7 heteroatoms. The second-order valence-electron chi connectivity index (χ2n) is 4.21. The summed E-state index contributed by atoms with van der Waals surface area (Å²) in [7, 11) is -3.94. The van der Waals surface area contributed by atoms with Crippen molar-refractivity contribution in [3.05, 3.63) is 29.3 Å². The van der Waals surface area contributed by atoms with Crippen molar-refractivity contribution in [1.82, 2.24) is 4.31 Å². The van der Waals surface area contributed by atoms with Crippen molar-refractivity contribution < 1.29 is 17.2 Å². The first-order valence-corrected chi connectivity index (χ1v) is 7.68. The molecule has 19 heavy (non-hydrogen) atoms. The van der Waals surface area contributed by atoms with E-state index in [1.54, 1.807) is 26.0 Å². The second-order valence-corrected chi connectivity index (χ2v) is 6.50. The van der Waals surface area contributed by atoms with Crippen LogP contribution >= 0.6 is 11.6 Å². The van der Waals surface area contributed by atoms with Crippen LogP contribution in [0.1, 0.15) is 11.1 Å². The van der Waals surface area contributed by atoms with Crippen molar-refractivity contribution in [3.63, 3.8) is 0 Å². The van der Waals surface area contributed by atoms with E-state index >= 15 is 0 Å². The number of aryl methyl sites for hydroxylation is 2. The zero-order valence-corrected chi connectivity index (χ0v) is 12.3. The number of rotatable bonds is 6. The van der Waals surface area contributed by atoms with Gasteiger partial charge in [0.2, 0.25) is 10.0 Å². The van der Waals surface area contributed by atoms with Gasteiger partial charge in [0.1, 0.15) is 0 Å². The van der Waals surface area contributed by atoms with Crippen LogP contribution in [-0.4, -0.2) is 38.1 Å². The molecule has 0 aromatic heterocycles. The minimum absolute atomic E-state index is 0.0309. The first kappa shape index (κ1) is 16.3. The highest BCUT2D eigenvalue weighted by molar-refractivity contribution is 7.89. The number of sulfonamides is 1. The molecule has 1 aromatic rings. The predicted molar refractivity (Wildman–Crippen MR) is 71.4 cm³/mol. The van der Waals surface area contributed by atoms with E-state index in [1.807, 2.05) is 0 Å². The molecule has 0 aliphatic heterocycles. The van der Waals surface area contributed by atoms with Crippen LogP contribution in [0.2, 0.25) is 0 Å². The molecule has 108 valence electrons. The van der Waals surface area contributed by atoms with Crippen LogP contribution in [0.5, 0.6) is 0 Å². The molecule has 0 aliphatic carbocycles. The summed E-state index contributed by atoms with van der Waals surface area (Å²) in [4.78, 5) is 0.0540. The molecule has 0 fully saturated rings. The largest absolute Gasteiger partial charge is 0.252 e. The molecule has 1 rings (SSSR count). The Kier molecular flexibility index (Phi) is 5.70. The maximum atomic E-state index is 12.5. The van der Waals surface area contributed by atoms with Crippen LogP contribution in [-0.2, 0) is 10.0 Å². The number of benzene rings is 1. The first-order valence-electron chi connectivity index (χ1n) is 5.70. The van der Waals surface area contributed by atoms with Gasteiger partial charge in [0.15, 0.2) is 0 Å². The Hall–Kier alpha value is -0.720. The number of hydrogen-bond donors (Lipinski definition) is 0. The van der Waals surface area contributed by atoms with Gasteiger partial charge >= 0.3 is 0 Å². The summed E-state index contributed by atoms with van der Waals surface area (Å²) < 4.78 is 50.4. The molecule has 0 N–H and O–H groups in total. The van der Waals surface area contributed by atoms with E-state index in [1.165, 1.54) is 6.07 Å². The molecular formula is C12H16ClF2NO2S. The lowest BCUT2D eigenvalue weighted by Crippen LogP contribution is -2.37. The standard InChI is InChI=1S/C12H16ClF2NO2S/c1-9-3-4-10(2)11(7-9)19(17,18)16(6-5-13)8-12(14)15/h3-4,7,12H,5-6,8H2,1-2H3. The number of halogens is 3. The molecule has 0 bridgehead atoms. The monoisotopic (exact) mass is 311 g/mol. The minimum atomic E-state index is -3.94. The maximum Gasteiger partial charge on any atom is 0.252 e. The van der Waals surface area contributed by atoms with Gasteiger partial charge in [0.05, 0.1) is 11.4 Å². The average Bonchev–Trinajstić information content (AvgIpc) is 2.31. The lowest BCUT2D eigenvalue weighted by molar-refractivity contribution is 0.121. The Bertz CT molecular complexity index is 535. The van der Waals surface area contributed by atoms with Gasteiger partial charge in [-0.05, 0) is 31.0 Å². The second kappa shape index (κ2) is 6.63. The summed E-state index contributed by atoms with van der Waals surface area (Å²) >= 11 is 5.49. The summed E-state index contributed by atoms with van der Waals surface area (Å²) in [5, 5.41) is 0. The Balaban J connectivity index is 3.22. The molecule has 0 saturated carbocycles. The third kappa shape index (κ3) is 4.12. The fourth-order valence-electron chi connectivity index (χ4n) is 1.68. The Morgan fingerprint density at radius 3 is 2.47 bits per heavy atom. The van der Waals surface area contributed by atoms with Gasteiger partial charge in [-0.15, -0.1) is 11.6 Å². The zero-order valence-electron chi connectivity index (χ0n) is 10.7.